The summed E-state index contributed by atoms with van der Waals surface area (Å²) in [5.41, 5.74) is 7.05. The average molecular weight is 235 g/mol. The van der Waals surface area contributed by atoms with Crippen molar-refractivity contribution in [1.29, 1.82) is 0 Å². The lowest BCUT2D eigenvalue weighted by atomic mass is 10.1. The van der Waals surface area contributed by atoms with Crippen molar-refractivity contribution < 1.29 is 9.53 Å². The second-order valence-corrected chi connectivity index (χ2v) is 4.10. The molecule has 1 saturated heterocycles. The zero-order valence-electron chi connectivity index (χ0n) is 9.93. The van der Waals surface area contributed by atoms with Gasteiger partial charge in [-0.3, -0.25) is 9.78 Å². The third-order valence-electron chi connectivity index (χ3n) is 3.00. The van der Waals surface area contributed by atoms with Crippen molar-refractivity contribution in [3.8, 4) is 0 Å². The van der Waals surface area contributed by atoms with Gasteiger partial charge in [0.25, 0.3) is 5.91 Å². The first-order chi connectivity index (χ1) is 8.24. The van der Waals surface area contributed by atoms with Crippen LogP contribution in [0.5, 0.6) is 0 Å². The maximum Gasteiger partial charge on any atom is 0.256 e. The fourth-order valence-electron chi connectivity index (χ4n) is 1.98. The number of amides is 1. The van der Waals surface area contributed by atoms with Crippen molar-refractivity contribution in [2.24, 2.45) is 5.73 Å². The summed E-state index contributed by atoms with van der Waals surface area (Å²) in [4.78, 5) is 18.3. The van der Waals surface area contributed by atoms with Crippen molar-refractivity contribution >= 4 is 5.91 Å². The van der Waals surface area contributed by atoms with Gasteiger partial charge in [0.15, 0.2) is 0 Å². The topological polar surface area (TPSA) is 68.5 Å². The third-order valence-corrected chi connectivity index (χ3v) is 3.00. The van der Waals surface area contributed by atoms with Gasteiger partial charge in [-0.05, 0) is 19.1 Å². The Bertz CT molecular complexity index is 408. The quantitative estimate of drug-likeness (QED) is 0.794. The van der Waals surface area contributed by atoms with Gasteiger partial charge in [-0.15, -0.1) is 0 Å². The molecule has 0 aliphatic carbocycles. The molecule has 1 fully saturated rings. The highest BCUT2D eigenvalue weighted by molar-refractivity contribution is 5.95. The number of nitrogens with zero attached hydrogens (tertiary/aromatic N) is 2. The molecule has 5 heteroatoms. The van der Waals surface area contributed by atoms with Gasteiger partial charge >= 0.3 is 0 Å². The minimum atomic E-state index is -0.0316. The zero-order valence-corrected chi connectivity index (χ0v) is 9.93. The van der Waals surface area contributed by atoms with Crippen LogP contribution in [0.1, 0.15) is 16.1 Å². The van der Waals surface area contributed by atoms with Gasteiger partial charge in [-0.1, -0.05) is 0 Å². The molecule has 17 heavy (non-hydrogen) atoms. The fourth-order valence-corrected chi connectivity index (χ4v) is 1.98. The molecule has 1 aromatic heterocycles. The number of nitrogens with two attached hydrogens (primary N) is 1. The van der Waals surface area contributed by atoms with Crippen LogP contribution in [0.15, 0.2) is 18.3 Å². The van der Waals surface area contributed by atoms with Crippen LogP contribution in [-0.4, -0.2) is 48.1 Å². The van der Waals surface area contributed by atoms with Crippen LogP contribution >= 0.6 is 0 Å². The van der Waals surface area contributed by atoms with Crippen LogP contribution in [0, 0.1) is 6.92 Å². The number of hydrogen-bond donors (Lipinski definition) is 1. The molecule has 1 aliphatic heterocycles. The van der Waals surface area contributed by atoms with Gasteiger partial charge in [0.1, 0.15) is 0 Å². The molecule has 5 nitrogen and oxygen atoms in total. The highest BCUT2D eigenvalue weighted by atomic mass is 16.5. The molecule has 92 valence electrons. The third kappa shape index (κ3) is 2.45. The summed E-state index contributed by atoms with van der Waals surface area (Å²) in [6.45, 7) is 3.94. The molecule has 1 amide bonds. The van der Waals surface area contributed by atoms with Crippen LogP contribution in [0.3, 0.4) is 0 Å². The summed E-state index contributed by atoms with van der Waals surface area (Å²) in [6, 6.07) is 3.54. The van der Waals surface area contributed by atoms with Crippen LogP contribution in [0.4, 0.5) is 0 Å². The molecule has 0 spiro atoms. The number of rotatable bonds is 2. The highest BCUT2D eigenvalue weighted by Crippen LogP contribution is 2.13. The van der Waals surface area contributed by atoms with E-state index in [0.29, 0.717) is 31.9 Å². The second kappa shape index (κ2) is 5.25. The molecule has 1 atom stereocenters. The van der Waals surface area contributed by atoms with Crippen molar-refractivity contribution in [2.75, 3.05) is 26.3 Å². The molecule has 1 aliphatic rings. The average Bonchev–Trinajstić information content (AvgIpc) is 2.38. The normalized spacial score (nSPS) is 20.4. The molecule has 1 unspecified atom stereocenters. The number of hydrogen-bond acceptors (Lipinski definition) is 4. The van der Waals surface area contributed by atoms with E-state index in [4.69, 9.17) is 10.5 Å². The minimum absolute atomic E-state index is 0.00523. The Labute approximate surface area is 101 Å². The number of aryl methyl sites for hydroxylation is 1. The molecule has 0 saturated carbocycles. The van der Waals surface area contributed by atoms with Gasteiger partial charge in [0.2, 0.25) is 0 Å². The maximum atomic E-state index is 12.4. The minimum Gasteiger partial charge on any atom is -0.377 e. The highest BCUT2D eigenvalue weighted by Gasteiger charge is 2.27. The van der Waals surface area contributed by atoms with Gasteiger partial charge in [-0.2, -0.15) is 0 Å². The van der Waals surface area contributed by atoms with E-state index < -0.39 is 0 Å². The fraction of sp³-hybridized carbons (Fsp3) is 0.500. The van der Waals surface area contributed by atoms with Gasteiger partial charge in [-0.25, -0.2) is 0 Å². The summed E-state index contributed by atoms with van der Waals surface area (Å²) in [6.07, 6.45) is 1.69. The van der Waals surface area contributed by atoms with Crippen molar-refractivity contribution in [3.05, 3.63) is 29.6 Å². The smallest absolute Gasteiger partial charge is 0.256 e. The Morgan fingerprint density at radius 3 is 3.24 bits per heavy atom. The van der Waals surface area contributed by atoms with Crippen molar-refractivity contribution in [3.63, 3.8) is 0 Å². The molecule has 2 heterocycles. The molecular weight excluding hydrogens is 218 g/mol. The molecular formula is C12H17N3O2. The SMILES string of the molecule is Cc1ncccc1C(=O)N1CCOCC1CN. The number of aromatic nitrogens is 1. The molecule has 0 aromatic carbocycles. The Hall–Kier alpha value is -1.46. The predicted octanol–water partition coefficient (Wildman–Crippen LogP) is 0.190. The molecule has 0 radical (unpaired) electrons. The van der Waals surface area contributed by atoms with E-state index in [1.165, 1.54) is 0 Å². The van der Waals surface area contributed by atoms with Gasteiger partial charge in [0.05, 0.1) is 24.8 Å². The number of morpholine rings is 1. The number of pyridine rings is 1. The summed E-state index contributed by atoms with van der Waals surface area (Å²) < 4.78 is 5.33. The number of carbonyl (C=O) groups excluding carboxylic acids is 1. The van der Waals surface area contributed by atoms with Crippen molar-refractivity contribution in [2.45, 2.75) is 13.0 Å². The van der Waals surface area contributed by atoms with E-state index in [0.717, 1.165) is 5.69 Å². The van der Waals surface area contributed by atoms with E-state index in [1.54, 1.807) is 23.2 Å². The van der Waals surface area contributed by atoms with E-state index in [-0.39, 0.29) is 11.9 Å². The van der Waals surface area contributed by atoms with E-state index >= 15 is 0 Å². The standard InChI is InChI=1S/C12H17N3O2/c1-9-11(3-2-4-14-9)12(16)15-5-6-17-8-10(15)7-13/h2-4,10H,5-8,13H2,1H3. The molecule has 2 rings (SSSR count). The zero-order chi connectivity index (χ0) is 12.3. The van der Waals surface area contributed by atoms with Gasteiger partial charge in [0, 0.05) is 25.0 Å². The molecule has 1 aromatic rings. The Morgan fingerprint density at radius 2 is 2.53 bits per heavy atom. The first-order valence-corrected chi connectivity index (χ1v) is 5.74. The lowest BCUT2D eigenvalue weighted by molar-refractivity contribution is 0.000772. The largest absolute Gasteiger partial charge is 0.377 e. The van der Waals surface area contributed by atoms with Crippen LogP contribution < -0.4 is 5.73 Å². The second-order valence-electron chi connectivity index (χ2n) is 4.10. The van der Waals surface area contributed by atoms with E-state index in [1.807, 2.05) is 6.92 Å². The van der Waals surface area contributed by atoms with Gasteiger partial charge < -0.3 is 15.4 Å². The monoisotopic (exact) mass is 235 g/mol. The molecule has 0 bridgehead atoms. The Morgan fingerprint density at radius 1 is 1.71 bits per heavy atom. The lowest BCUT2D eigenvalue weighted by Crippen LogP contribution is -2.52. The first kappa shape index (κ1) is 12.0. The van der Waals surface area contributed by atoms with E-state index in [2.05, 4.69) is 4.98 Å². The molecule has 2 N–H and O–H groups in total. The van der Waals surface area contributed by atoms with Crippen LogP contribution in [-0.2, 0) is 4.74 Å². The summed E-state index contributed by atoms with van der Waals surface area (Å²) >= 11 is 0. The lowest BCUT2D eigenvalue weighted by Gasteiger charge is -2.35. The Kier molecular flexibility index (Phi) is 3.71. The van der Waals surface area contributed by atoms with E-state index in [9.17, 15) is 4.79 Å². The summed E-state index contributed by atoms with van der Waals surface area (Å²) in [5.74, 6) is -0.00523. The van der Waals surface area contributed by atoms with Crippen LogP contribution in [0.2, 0.25) is 0 Å². The predicted molar refractivity (Wildman–Crippen MR) is 63.7 cm³/mol. The maximum absolute atomic E-state index is 12.4. The first-order valence-electron chi connectivity index (χ1n) is 5.74. The number of carbonyl (C=O) groups is 1. The Balaban J connectivity index is 2.21. The number of ether oxygens (including phenoxy) is 1. The van der Waals surface area contributed by atoms with Crippen LogP contribution in [0.25, 0.3) is 0 Å². The summed E-state index contributed by atoms with van der Waals surface area (Å²) in [7, 11) is 0. The summed E-state index contributed by atoms with van der Waals surface area (Å²) in [5, 5.41) is 0. The van der Waals surface area contributed by atoms with Crippen molar-refractivity contribution in [1.82, 2.24) is 9.88 Å².